The van der Waals surface area contributed by atoms with Crippen LogP contribution in [0.25, 0.3) is 32.7 Å². The van der Waals surface area contributed by atoms with Gasteiger partial charge in [0.25, 0.3) is 0 Å². The highest BCUT2D eigenvalue weighted by Gasteiger charge is 2.49. The Morgan fingerprint density at radius 1 is 0.658 bits per heavy atom. The van der Waals surface area contributed by atoms with Gasteiger partial charge in [0, 0.05) is 30.8 Å². The summed E-state index contributed by atoms with van der Waals surface area (Å²) in [5.74, 6) is 0. The van der Waals surface area contributed by atoms with Crippen molar-refractivity contribution in [1.29, 1.82) is 0 Å². The Hall–Kier alpha value is -3.05. The summed E-state index contributed by atoms with van der Waals surface area (Å²) in [6.07, 6.45) is 0.701. The van der Waals surface area contributed by atoms with Crippen LogP contribution in [0.3, 0.4) is 0 Å². The van der Waals surface area contributed by atoms with Gasteiger partial charge >= 0.3 is 0 Å². The minimum absolute atomic E-state index is 0.694. The van der Waals surface area contributed by atoms with Crippen molar-refractivity contribution < 1.29 is 4.21 Å². The average molecular weight is 549 g/mol. The minimum atomic E-state index is -1.30. The van der Waals surface area contributed by atoms with E-state index in [1.807, 2.05) is 22.7 Å². The third kappa shape index (κ3) is 3.37. The van der Waals surface area contributed by atoms with Crippen molar-refractivity contribution in [1.82, 2.24) is 0 Å². The highest BCUT2D eigenvalue weighted by molar-refractivity contribution is 7.86. The number of rotatable bonds is 3. The van der Waals surface area contributed by atoms with Crippen molar-refractivity contribution in [3.8, 4) is 11.1 Å². The maximum absolute atomic E-state index is 15.3. The fourth-order valence-corrected chi connectivity index (χ4v) is 11.1. The summed E-state index contributed by atoms with van der Waals surface area (Å²) in [6.45, 7) is 8.67. The molecule has 2 atom stereocenters. The van der Waals surface area contributed by atoms with Crippen LogP contribution >= 0.6 is 22.7 Å². The lowest BCUT2D eigenvalue weighted by Crippen LogP contribution is -2.38. The Balaban J connectivity index is 1.63. The smallest absolute Gasteiger partial charge is 0.115 e. The summed E-state index contributed by atoms with van der Waals surface area (Å²) in [7, 11) is -1.30. The second-order valence-electron chi connectivity index (χ2n) is 10.5. The molecule has 3 heterocycles. The monoisotopic (exact) mass is 548 g/mol. The molecule has 0 amide bonds. The van der Waals surface area contributed by atoms with Gasteiger partial charge in [0.1, 0.15) is 4.75 Å². The van der Waals surface area contributed by atoms with Gasteiger partial charge in [0.05, 0.1) is 10.8 Å². The van der Waals surface area contributed by atoms with Gasteiger partial charge in [0.15, 0.2) is 0 Å². The Kier molecular flexibility index (Phi) is 5.52. The molecule has 38 heavy (non-hydrogen) atoms. The molecule has 0 radical (unpaired) electrons. The van der Waals surface area contributed by atoms with E-state index in [-0.39, 0.29) is 0 Å². The Bertz CT molecular complexity index is 1920. The van der Waals surface area contributed by atoms with Crippen LogP contribution in [0.1, 0.15) is 36.2 Å². The molecule has 0 N–H and O–H groups in total. The second kappa shape index (κ2) is 8.74. The van der Waals surface area contributed by atoms with Crippen molar-refractivity contribution in [3.05, 3.63) is 121 Å². The summed E-state index contributed by atoms with van der Waals surface area (Å²) in [4.78, 5) is 6.08. The highest BCUT2D eigenvalue weighted by atomic mass is 32.2. The summed E-state index contributed by atoms with van der Waals surface area (Å²) in [6, 6.07) is 30.6. The third-order valence-electron chi connectivity index (χ3n) is 8.02. The van der Waals surface area contributed by atoms with Gasteiger partial charge in [-0.05, 0) is 77.6 Å². The van der Waals surface area contributed by atoms with Gasteiger partial charge in [-0.3, -0.25) is 4.21 Å². The summed E-state index contributed by atoms with van der Waals surface area (Å²) in [5.41, 5.74) is 5.84. The van der Waals surface area contributed by atoms with Crippen molar-refractivity contribution in [2.24, 2.45) is 0 Å². The molecule has 1 aliphatic rings. The zero-order valence-corrected chi connectivity index (χ0v) is 24.4. The Morgan fingerprint density at radius 3 is 1.97 bits per heavy atom. The zero-order valence-electron chi connectivity index (χ0n) is 21.9. The maximum atomic E-state index is 15.3. The quantitative estimate of drug-likeness (QED) is 0.215. The second-order valence-corrected chi connectivity index (χ2v) is 14.7. The van der Waals surface area contributed by atoms with Crippen molar-refractivity contribution >= 4 is 55.0 Å². The molecule has 4 aromatic carbocycles. The van der Waals surface area contributed by atoms with E-state index >= 15 is 4.21 Å². The zero-order chi connectivity index (χ0) is 26.2. The number of fused-ring (bicyclic) bond motifs is 5. The van der Waals surface area contributed by atoms with E-state index in [0.29, 0.717) is 6.42 Å². The molecule has 0 bridgehead atoms. The van der Waals surface area contributed by atoms with Crippen LogP contribution in [0, 0.1) is 27.7 Å². The first kappa shape index (κ1) is 24.0. The first-order valence-electron chi connectivity index (χ1n) is 13.0. The first-order valence-corrected chi connectivity index (χ1v) is 15.8. The lowest BCUT2D eigenvalue weighted by Gasteiger charge is -2.39. The van der Waals surface area contributed by atoms with Crippen molar-refractivity contribution in [3.63, 3.8) is 0 Å². The fraction of sp³-hybridized carbons (Fsp3) is 0.176. The molecule has 2 aromatic heterocycles. The molecule has 188 valence electrons. The van der Waals surface area contributed by atoms with Crippen LogP contribution < -0.4 is 0 Å². The van der Waals surface area contributed by atoms with Crippen LogP contribution in [0.5, 0.6) is 0 Å². The molecular formula is C34H28OS3. The average Bonchev–Trinajstić information content (AvgIpc) is 3.43. The summed E-state index contributed by atoms with van der Waals surface area (Å²) >= 11 is 3.69. The van der Waals surface area contributed by atoms with Crippen LogP contribution in [0.15, 0.2) is 89.8 Å². The minimum Gasteiger partial charge on any atom is -0.253 e. The highest BCUT2D eigenvalue weighted by Crippen LogP contribution is 2.56. The number of hydrogen-bond acceptors (Lipinski definition) is 3. The molecule has 1 aliphatic heterocycles. The lowest BCUT2D eigenvalue weighted by molar-refractivity contribution is 0.639. The lowest BCUT2D eigenvalue weighted by atomic mass is 9.83. The van der Waals surface area contributed by atoms with Gasteiger partial charge in [-0.1, -0.05) is 84.4 Å². The molecule has 0 saturated heterocycles. The molecule has 1 nitrogen and oxygen atoms in total. The Labute approximate surface area is 234 Å². The normalized spacial score (nSPS) is 18.6. The van der Waals surface area contributed by atoms with E-state index in [4.69, 9.17) is 0 Å². The SMILES string of the molecule is Cc1ccc2c(c1)S(=O)C(Cc1sc(C)c3ccccc13)(c1sc(C)c3ccccc13)c1cc(C)ccc1-2. The predicted octanol–water partition coefficient (Wildman–Crippen LogP) is 9.62. The maximum Gasteiger partial charge on any atom is 0.115 e. The predicted molar refractivity (Wildman–Crippen MR) is 165 cm³/mol. The molecule has 0 spiro atoms. The van der Waals surface area contributed by atoms with Crippen molar-refractivity contribution in [2.75, 3.05) is 0 Å². The van der Waals surface area contributed by atoms with E-state index in [0.717, 1.165) is 16.0 Å². The van der Waals surface area contributed by atoms with Gasteiger partial charge in [-0.2, -0.15) is 0 Å². The van der Waals surface area contributed by atoms with Gasteiger partial charge < -0.3 is 0 Å². The summed E-state index contributed by atoms with van der Waals surface area (Å²) < 4.78 is 14.6. The van der Waals surface area contributed by atoms with Crippen LogP contribution in [-0.4, -0.2) is 4.21 Å². The molecule has 2 unspecified atom stereocenters. The number of hydrogen-bond donors (Lipinski definition) is 0. The molecule has 4 heteroatoms. The largest absolute Gasteiger partial charge is 0.253 e. The molecule has 7 rings (SSSR count). The van der Waals surface area contributed by atoms with Gasteiger partial charge in [0.2, 0.25) is 0 Å². The topological polar surface area (TPSA) is 17.1 Å². The standard InChI is InChI=1S/C34H28OS3/c1-20-13-15-26-28-16-14-21(2)18-32(28)38(35)34(30(26)17-20,33-29-12-8-6-10-25(29)23(4)37-33)19-31-27-11-7-5-9-24(27)22(3)36-31/h5-18H,19H2,1-4H3. The van der Waals surface area contributed by atoms with Crippen LogP contribution in [0.2, 0.25) is 0 Å². The summed E-state index contributed by atoms with van der Waals surface area (Å²) in [5, 5.41) is 5.08. The van der Waals surface area contributed by atoms with E-state index in [1.54, 1.807) is 0 Å². The van der Waals surface area contributed by atoms with Crippen molar-refractivity contribution in [2.45, 2.75) is 43.8 Å². The van der Waals surface area contributed by atoms with E-state index < -0.39 is 15.5 Å². The van der Waals surface area contributed by atoms with Crippen LogP contribution in [0.4, 0.5) is 0 Å². The molecule has 0 aliphatic carbocycles. The van der Waals surface area contributed by atoms with E-state index in [2.05, 4.69) is 113 Å². The van der Waals surface area contributed by atoms with E-state index in [1.165, 1.54) is 57.7 Å². The number of aryl methyl sites for hydroxylation is 4. The third-order valence-corrected chi connectivity index (χ3v) is 12.5. The van der Waals surface area contributed by atoms with Gasteiger partial charge in [-0.25, -0.2) is 0 Å². The van der Waals surface area contributed by atoms with Gasteiger partial charge in [-0.15, -0.1) is 22.7 Å². The van der Waals surface area contributed by atoms with Crippen LogP contribution in [-0.2, 0) is 22.0 Å². The van der Waals surface area contributed by atoms with E-state index in [9.17, 15) is 0 Å². The molecular weight excluding hydrogens is 521 g/mol. The molecule has 0 fully saturated rings. The fourth-order valence-electron chi connectivity index (χ4n) is 6.20. The Morgan fingerprint density at radius 2 is 1.24 bits per heavy atom. The number of thiophene rings is 2. The molecule has 0 saturated carbocycles. The molecule has 6 aromatic rings. The number of benzene rings is 4. The first-order chi connectivity index (χ1) is 18.4.